The first-order valence-corrected chi connectivity index (χ1v) is 11.3. The lowest BCUT2D eigenvalue weighted by Crippen LogP contribution is -2.40. The first-order chi connectivity index (χ1) is 14.5. The number of hydrogen-bond donors (Lipinski definition) is 1. The van der Waals surface area contributed by atoms with Gasteiger partial charge in [0.1, 0.15) is 6.61 Å². The lowest BCUT2D eigenvalue weighted by molar-refractivity contribution is 0.0972. The number of carbonyl (C=O) groups is 2. The topological polar surface area (TPSA) is 60.3 Å². The Morgan fingerprint density at radius 2 is 2.10 bits per heavy atom. The van der Waals surface area contributed by atoms with Crippen molar-refractivity contribution < 1.29 is 14.3 Å². The summed E-state index contributed by atoms with van der Waals surface area (Å²) in [4.78, 5) is 24.3. The maximum atomic E-state index is 12.9. The van der Waals surface area contributed by atoms with Crippen LogP contribution in [0.3, 0.4) is 0 Å². The molecular formula is C25H30N2O3. The minimum absolute atomic E-state index is 0.216. The average molecular weight is 407 g/mol. The highest BCUT2D eigenvalue weighted by molar-refractivity contribution is 5.94. The van der Waals surface area contributed by atoms with E-state index >= 15 is 0 Å². The Morgan fingerprint density at radius 1 is 1.23 bits per heavy atom. The van der Waals surface area contributed by atoms with Crippen LogP contribution in [0.1, 0.15) is 77.3 Å². The number of Topliss-reactive ketones (excluding diaryl/α,β-unsaturated/α-hetero) is 1. The summed E-state index contributed by atoms with van der Waals surface area (Å²) < 4.78 is 7.21. The predicted octanol–water partition coefficient (Wildman–Crippen LogP) is 4.47. The van der Waals surface area contributed by atoms with Gasteiger partial charge in [0.2, 0.25) is 0 Å². The standard InChI is InChI=1S/C25H30N2O3/c1-27-21(20-12-13-25(15-20)16-30-24(29)26-25)10-11-22(27)23(28)7-2-4-17-8-9-18-5-3-6-19(18)14-17/h8-11,14,20H,2-7,12-13,15-16H2,1H3,(H,26,29)/t20-,25+/m0/s1. The molecule has 1 N–H and O–H groups in total. The smallest absolute Gasteiger partial charge is 0.407 e. The van der Waals surface area contributed by atoms with Crippen LogP contribution in [0.5, 0.6) is 0 Å². The summed E-state index contributed by atoms with van der Waals surface area (Å²) in [5.41, 5.74) is 6.13. The number of aromatic nitrogens is 1. The number of benzene rings is 1. The minimum atomic E-state index is -0.304. The van der Waals surface area contributed by atoms with Crippen LogP contribution in [0.2, 0.25) is 0 Å². The van der Waals surface area contributed by atoms with Gasteiger partial charge in [0, 0.05) is 25.1 Å². The fourth-order valence-corrected chi connectivity index (χ4v) is 5.69. The second-order valence-corrected chi connectivity index (χ2v) is 9.36. The van der Waals surface area contributed by atoms with E-state index in [1.807, 2.05) is 13.1 Å². The largest absolute Gasteiger partial charge is 0.447 e. The summed E-state index contributed by atoms with van der Waals surface area (Å²) in [5.74, 6) is 0.570. The number of amides is 1. The van der Waals surface area contributed by atoms with Crippen LogP contribution >= 0.6 is 0 Å². The molecule has 0 unspecified atom stereocenters. The molecule has 5 heteroatoms. The molecular weight excluding hydrogens is 376 g/mol. The summed E-state index contributed by atoms with van der Waals surface area (Å²) in [6, 6.07) is 10.9. The van der Waals surface area contributed by atoms with E-state index < -0.39 is 0 Å². The van der Waals surface area contributed by atoms with Crippen LogP contribution in [-0.2, 0) is 31.0 Å². The molecule has 1 amide bonds. The van der Waals surface area contributed by atoms with Crippen molar-refractivity contribution in [3.8, 4) is 0 Å². The van der Waals surface area contributed by atoms with Gasteiger partial charge in [-0.15, -0.1) is 0 Å². The Bertz CT molecular complexity index is 992. The number of ether oxygens (including phenoxy) is 1. The molecule has 2 aromatic rings. The maximum absolute atomic E-state index is 12.9. The second kappa shape index (κ2) is 7.60. The molecule has 2 atom stereocenters. The zero-order valence-electron chi connectivity index (χ0n) is 17.7. The SMILES string of the molecule is Cn1c(C(=O)CCCc2ccc3c(c2)CCC3)ccc1[C@H]1CC[C@]2(COC(=O)N2)C1. The van der Waals surface area contributed by atoms with Gasteiger partial charge < -0.3 is 14.6 Å². The van der Waals surface area contributed by atoms with Crippen molar-refractivity contribution in [3.05, 3.63) is 58.4 Å². The molecule has 1 aliphatic heterocycles. The van der Waals surface area contributed by atoms with Crippen LogP contribution in [0.4, 0.5) is 4.79 Å². The number of nitrogens with one attached hydrogen (secondary N) is 1. The molecule has 158 valence electrons. The van der Waals surface area contributed by atoms with Crippen molar-refractivity contribution in [2.45, 2.75) is 69.2 Å². The summed E-state index contributed by atoms with van der Waals surface area (Å²) in [6.07, 6.45) is 8.62. The molecule has 3 aliphatic rings. The first kappa shape index (κ1) is 19.4. The van der Waals surface area contributed by atoms with Crippen molar-refractivity contribution in [3.63, 3.8) is 0 Å². The van der Waals surface area contributed by atoms with E-state index in [0.29, 0.717) is 18.9 Å². The third-order valence-corrected chi connectivity index (χ3v) is 7.35. The number of ketones is 1. The molecule has 1 aromatic carbocycles. The van der Waals surface area contributed by atoms with Crippen molar-refractivity contribution in [1.82, 2.24) is 9.88 Å². The van der Waals surface area contributed by atoms with Gasteiger partial charge in [0.15, 0.2) is 5.78 Å². The Morgan fingerprint density at radius 3 is 2.93 bits per heavy atom. The zero-order chi connectivity index (χ0) is 20.7. The van der Waals surface area contributed by atoms with E-state index in [1.54, 1.807) is 0 Å². The van der Waals surface area contributed by atoms with Crippen LogP contribution in [0.25, 0.3) is 0 Å². The third-order valence-electron chi connectivity index (χ3n) is 7.35. The first-order valence-electron chi connectivity index (χ1n) is 11.3. The second-order valence-electron chi connectivity index (χ2n) is 9.36. The fraction of sp³-hybridized carbons (Fsp3) is 0.520. The van der Waals surface area contributed by atoms with E-state index in [-0.39, 0.29) is 17.4 Å². The van der Waals surface area contributed by atoms with Crippen LogP contribution in [0.15, 0.2) is 30.3 Å². The van der Waals surface area contributed by atoms with Gasteiger partial charge in [-0.2, -0.15) is 0 Å². The van der Waals surface area contributed by atoms with Gasteiger partial charge >= 0.3 is 6.09 Å². The lowest BCUT2D eigenvalue weighted by atomic mass is 9.96. The summed E-state index contributed by atoms with van der Waals surface area (Å²) in [5, 5.41) is 3.00. The number of rotatable bonds is 6. The van der Waals surface area contributed by atoms with E-state index in [9.17, 15) is 9.59 Å². The monoisotopic (exact) mass is 406 g/mol. The number of alkyl carbamates (subject to hydrolysis) is 1. The quantitative estimate of drug-likeness (QED) is 0.720. The Balaban J connectivity index is 1.19. The number of fused-ring (bicyclic) bond motifs is 1. The Kier molecular flexibility index (Phi) is 4.92. The highest BCUT2D eigenvalue weighted by Gasteiger charge is 2.46. The fourth-order valence-electron chi connectivity index (χ4n) is 5.69. The molecule has 1 saturated carbocycles. The number of cyclic esters (lactones) is 1. The van der Waals surface area contributed by atoms with Crippen LogP contribution in [0, 0.1) is 0 Å². The van der Waals surface area contributed by atoms with E-state index in [1.165, 1.54) is 41.6 Å². The molecule has 1 saturated heterocycles. The molecule has 0 bridgehead atoms. The van der Waals surface area contributed by atoms with Gasteiger partial charge in [0.05, 0.1) is 11.2 Å². The van der Waals surface area contributed by atoms with Gasteiger partial charge in [-0.1, -0.05) is 18.2 Å². The van der Waals surface area contributed by atoms with Crippen LogP contribution < -0.4 is 5.32 Å². The van der Waals surface area contributed by atoms with Crippen LogP contribution in [-0.4, -0.2) is 28.6 Å². The number of aryl methyl sites for hydroxylation is 3. The van der Waals surface area contributed by atoms with E-state index in [2.05, 4.69) is 34.1 Å². The Labute approximate surface area is 177 Å². The van der Waals surface area contributed by atoms with Gasteiger partial charge in [-0.3, -0.25) is 4.79 Å². The van der Waals surface area contributed by atoms with Crippen molar-refractivity contribution in [1.29, 1.82) is 0 Å². The van der Waals surface area contributed by atoms with Crippen molar-refractivity contribution >= 4 is 11.9 Å². The van der Waals surface area contributed by atoms with Crippen molar-refractivity contribution in [2.75, 3.05) is 6.61 Å². The molecule has 1 aromatic heterocycles. The molecule has 2 aliphatic carbocycles. The number of nitrogens with zero attached hydrogens (tertiary/aromatic N) is 1. The van der Waals surface area contributed by atoms with Gasteiger partial charge in [-0.05, 0) is 80.2 Å². The summed E-state index contributed by atoms with van der Waals surface area (Å²) in [7, 11) is 2.00. The maximum Gasteiger partial charge on any atom is 0.407 e. The molecule has 2 heterocycles. The molecule has 30 heavy (non-hydrogen) atoms. The molecule has 0 radical (unpaired) electrons. The van der Waals surface area contributed by atoms with Crippen molar-refractivity contribution in [2.24, 2.45) is 7.05 Å². The van der Waals surface area contributed by atoms with E-state index in [4.69, 9.17) is 4.74 Å². The minimum Gasteiger partial charge on any atom is -0.447 e. The molecule has 5 nitrogen and oxygen atoms in total. The zero-order valence-corrected chi connectivity index (χ0v) is 17.7. The highest BCUT2D eigenvalue weighted by atomic mass is 16.6. The number of carbonyl (C=O) groups excluding carboxylic acids is 2. The van der Waals surface area contributed by atoms with Gasteiger partial charge in [0.25, 0.3) is 0 Å². The Hall–Kier alpha value is -2.56. The predicted molar refractivity (Wildman–Crippen MR) is 115 cm³/mol. The molecule has 1 spiro atoms. The number of hydrogen-bond acceptors (Lipinski definition) is 3. The van der Waals surface area contributed by atoms with Gasteiger partial charge in [-0.25, -0.2) is 4.79 Å². The van der Waals surface area contributed by atoms with E-state index in [0.717, 1.165) is 37.8 Å². The third kappa shape index (κ3) is 3.55. The molecule has 5 rings (SSSR count). The summed E-state index contributed by atoms with van der Waals surface area (Å²) >= 11 is 0. The highest BCUT2D eigenvalue weighted by Crippen LogP contribution is 2.43. The lowest BCUT2D eigenvalue weighted by Gasteiger charge is -2.20. The average Bonchev–Trinajstić information content (AvgIpc) is 3.50. The molecule has 2 fully saturated rings. The normalized spacial score (nSPS) is 24.8. The summed E-state index contributed by atoms with van der Waals surface area (Å²) in [6.45, 7) is 0.460.